The number of amides is 2. The average Bonchev–Trinajstić information content (AvgIpc) is 2.78. The number of carbonyl (C=O) groups is 2. The molecular weight excluding hydrogens is 220 g/mol. The van der Waals surface area contributed by atoms with Crippen molar-refractivity contribution in [1.82, 2.24) is 10.4 Å². The molecule has 1 aromatic carbocycles. The molecule has 0 unspecified atom stereocenters. The lowest BCUT2D eigenvalue weighted by Gasteiger charge is -2.21. The Morgan fingerprint density at radius 2 is 2.18 bits per heavy atom. The van der Waals surface area contributed by atoms with E-state index < -0.39 is 6.04 Å². The van der Waals surface area contributed by atoms with Crippen LogP contribution in [0.5, 0.6) is 0 Å². The lowest BCUT2D eigenvalue weighted by Crippen LogP contribution is -2.39. The van der Waals surface area contributed by atoms with E-state index in [0.29, 0.717) is 19.4 Å². The Morgan fingerprint density at radius 3 is 2.76 bits per heavy atom. The summed E-state index contributed by atoms with van der Waals surface area (Å²) in [7, 11) is 0. The number of nitrogens with one attached hydrogen (secondary N) is 1. The molecule has 2 amide bonds. The Balaban J connectivity index is 1.92. The zero-order chi connectivity index (χ0) is 12.1. The molecule has 0 bridgehead atoms. The van der Waals surface area contributed by atoms with Crippen LogP contribution in [-0.2, 0) is 21.0 Å². The molecule has 0 spiro atoms. The number of rotatable bonds is 5. The van der Waals surface area contributed by atoms with E-state index in [4.69, 9.17) is 4.84 Å². The van der Waals surface area contributed by atoms with Gasteiger partial charge in [-0.05, 0) is 12.0 Å². The molecule has 0 radical (unpaired) electrons. The van der Waals surface area contributed by atoms with Crippen molar-refractivity contribution in [1.29, 1.82) is 0 Å². The van der Waals surface area contributed by atoms with Crippen LogP contribution >= 0.6 is 0 Å². The number of nitrogens with zero attached hydrogens (tertiary/aromatic N) is 1. The molecule has 1 aliphatic rings. The standard InChI is InChI=1S/C12H14N2O3/c15-9-14(11-6-7-13-12(11)16)17-8-10-4-2-1-3-5-10/h1-5,9,11H,6-8H2,(H,13,16)/t11-/m0/s1. The first-order chi connectivity index (χ1) is 8.31. The van der Waals surface area contributed by atoms with Gasteiger partial charge in [0, 0.05) is 6.54 Å². The Hall–Kier alpha value is -1.88. The van der Waals surface area contributed by atoms with E-state index in [-0.39, 0.29) is 12.5 Å². The molecule has 5 nitrogen and oxygen atoms in total. The molecular formula is C12H14N2O3. The van der Waals surface area contributed by atoms with Gasteiger partial charge in [-0.15, -0.1) is 0 Å². The molecule has 90 valence electrons. The van der Waals surface area contributed by atoms with E-state index in [2.05, 4.69) is 5.32 Å². The number of benzene rings is 1. The van der Waals surface area contributed by atoms with E-state index >= 15 is 0 Å². The highest BCUT2D eigenvalue weighted by Gasteiger charge is 2.30. The molecule has 17 heavy (non-hydrogen) atoms. The second-order valence-corrected chi connectivity index (χ2v) is 3.82. The molecule has 1 atom stereocenters. The number of hydrogen-bond donors (Lipinski definition) is 1. The van der Waals surface area contributed by atoms with Gasteiger partial charge >= 0.3 is 0 Å². The van der Waals surface area contributed by atoms with Gasteiger partial charge in [0.05, 0.1) is 0 Å². The number of hydroxylamine groups is 2. The topological polar surface area (TPSA) is 58.6 Å². The van der Waals surface area contributed by atoms with Gasteiger partial charge in [0.2, 0.25) is 12.3 Å². The average molecular weight is 234 g/mol. The normalized spacial score (nSPS) is 18.8. The van der Waals surface area contributed by atoms with E-state index in [0.717, 1.165) is 10.6 Å². The van der Waals surface area contributed by atoms with Gasteiger partial charge in [-0.2, -0.15) is 0 Å². The summed E-state index contributed by atoms with van der Waals surface area (Å²) >= 11 is 0. The van der Waals surface area contributed by atoms with Crippen LogP contribution < -0.4 is 5.32 Å². The quantitative estimate of drug-likeness (QED) is 0.595. The first-order valence-electron chi connectivity index (χ1n) is 5.49. The lowest BCUT2D eigenvalue weighted by molar-refractivity contribution is -0.192. The molecule has 1 aromatic rings. The van der Waals surface area contributed by atoms with Gasteiger partial charge in [0.1, 0.15) is 12.6 Å². The summed E-state index contributed by atoms with van der Waals surface area (Å²) < 4.78 is 0. The monoisotopic (exact) mass is 234 g/mol. The molecule has 1 aliphatic heterocycles. The third-order valence-corrected chi connectivity index (χ3v) is 2.65. The molecule has 0 saturated carbocycles. The summed E-state index contributed by atoms with van der Waals surface area (Å²) in [5.41, 5.74) is 0.956. The third kappa shape index (κ3) is 2.82. The second kappa shape index (κ2) is 5.45. The molecule has 1 fully saturated rings. The minimum absolute atomic E-state index is 0.162. The predicted molar refractivity (Wildman–Crippen MR) is 60.5 cm³/mol. The van der Waals surface area contributed by atoms with E-state index in [9.17, 15) is 9.59 Å². The fourth-order valence-electron chi connectivity index (χ4n) is 1.74. The fourth-order valence-corrected chi connectivity index (χ4v) is 1.74. The summed E-state index contributed by atoms with van der Waals surface area (Å²) in [5, 5.41) is 3.76. The summed E-state index contributed by atoms with van der Waals surface area (Å²) in [6.07, 6.45) is 1.14. The molecule has 2 rings (SSSR count). The van der Waals surface area contributed by atoms with Gasteiger partial charge in [0.15, 0.2) is 0 Å². The largest absolute Gasteiger partial charge is 0.354 e. The Kier molecular flexibility index (Phi) is 3.72. The molecule has 1 N–H and O–H groups in total. The minimum atomic E-state index is -0.504. The van der Waals surface area contributed by atoms with Crippen molar-refractivity contribution < 1.29 is 14.4 Å². The summed E-state index contributed by atoms with van der Waals surface area (Å²) in [6, 6.07) is 9.00. The Morgan fingerprint density at radius 1 is 1.41 bits per heavy atom. The molecule has 1 heterocycles. The van der Waals surface area contributed by atoms with E-state index in [1.165, 1.54) is 0 Å². The highest BCUT2D eigenvalue weighted by molar-refractivity contribution is 5.85. The van der Waals surface area contributed by atoms with Crippen molar-refractivity contribution in [2.24, 2.45) is 0 Å². The van der Waals surface area contributed by atoms with Crippen molar-refractivity contribution in [3.05, 3.63) is 35.9 Å². The van der Waals surface area contributed by atoms with Gasteiger partial charge in [0.25, 0.3) is 0 Å². The van der Waals surface area contributed by atoms with E-state index in [1.54, 1.807) is 0 Å². The second-order valence-electron chi connectivity index (χ2n) is 3.82. The van der Waals surface area contributed by atoms with Crippen molar-refractivity contribution in [3.63, 3.8) is 0 Å². The fraction of sp³-hybridized carbons (Fsp3) is 0.333. The van der Waals surface area contributed by atoms with Crippen LogP contribution in [0.1, 0.15) is 12.0 Å². The van der Waals surface area contributed by atoms with Crippen molar-refractivity contribution in [2.45, 2.75) is 19.1 Å². The van der Waals surface area contributed by atoms with Gasteiger partial charge in [-0.3, -0.25) is 14.4 Å². The molecule has 0 aliphatic carbocycles. The summed E-state index contributed by atoms with van der Waals surface area (Å²) in [4.78, 5) is 27.6. The van der Waals surface area contributed by atoms with Crippen LogP contribution in [0.4, 0.5) is 0 Å². The number of hydrogen-bond acceptors (Lipinski definition) is 3. The smallest absolute Gasteiger partial charge is 0.245 e. The molecule has 1 saturated heterocycles. The predicted octanol–water partition coefficient (Wildman–Crippen LogP) is 0.465. The highest BCUT2D eigenvalue weighted by Crippen LogP contribution is 2.10. The lowest BCUT2D eigenvalue weighted by atomic mass is 10.2. The first-order valence-corrected chi connectivity index (χ1v) is 5.49. The van der Waals surface area contributed by atoms with Crippen LogP contribution in [0.3, 0.4) is 0 Å². The van der Waals surface area contributed by atoms with Gasteiger partial charge in [-0.25, -0.2) is 5.06 Å². The highest BCUT2D eigenvalue weighted by atomic mass is 16.7. The SMILES string of the molecule is O=CN(OCc1ccccc1)[C@H]1CCNC1=O. The van der Waals surface area contributed by atoms with Crippen LogP contribution in [0, 0.1) is 0 Å². The van der Waals surface area contributed by atoms with Crippen LogP contribution in [0.25, 0.3) is 0 Å². The van der Waals surface area contributed by atoms with Crippen molar-refractivity contribution in [2.75, 3.05) is 6.54 Å². The minimum Gasteiger partial charge on any atom is -0.354 e. The van der Waals surface area contributed by atoms with Crippen LogP contribution in [0.15, 0.2) is 30.3 Å². The van der Waals surface area contributed by atoms with Crippen LogP contribution in [-0.4, -0.2) is 30.0 Å². The number of carbonyl (C=O) groups excluding carboxylic acids is 2. The third-order valence-electron chi connectivity index (χ3n) is 2.65. The Labute approximate surface area is 99.3 Å². The van der Waals surface area contributed by atoms with E-state index in [1.807, 2.05) is 30.3 Å². The van der Waals surface area contributed by atoms with Crippen molar-refractivity contribution >= 4 is 12.3 Å². The molecule has 0 aromatic heterocycles. The maximum atomic E-state index is 11.4. The summed E-state index contributed by atoms with van der Waals surface area (Å²) in [6.45, 7) is 0.867. The Bertz CT molecular complexity index is 394. The zero-order valence-corrected chi connectivity index (χ0v) is 9.33. The molecule has 5 heteroatoms. The van der Waals surface area contributed by atoms with Crippen molar-refractivity contribution in [3.8, 4) is 0 Å². The van der Waals surface area contributed by atoms with Gasteiger partial charge < -0.3 is 5.32 Å². The summed E-state index contributed by atoms with van der Waals surface area (Å²) in [5.74, 6) is -0.162. The van der Waals surface area contributed by atoms with Crippen LogP contribution in [0.2, 0.25) is 0 Å². The zero-order valence-electron chi connectivity index (χ0n) is 9.33. The van der Waals surface area contributed by atoms with Gasteiger partial charge in [-0.1, -0.05) is 30.3 Å². The maximum absolute atomic E-state index is 11.4. The first kappa shape index (κ1) is 11.6. The maximum Gasteiger partial charge on any atom is 0.245 e.